The second-order valence-corrected chi connectivity index (χ2v) is 11.1. The predicted octanol–water partition coefficient (Wildman–Crippen LogP) is 7.67. The minimum atomic E-state index is -0.200. The summed E-state index contributed by atoms with van der Waals surface area (Å²) in [7, 11) is 0. The van der Waals surface area contributed by atoms with Crippen molar-refractivity contribution in [1.82, 2.24) is 19.7 Å². The molecule has 0 bridgehead atoms. The number of anilines is 1. The van der Waals surface area contributed by atoms with Gasteiger partial charge in [0.1, 0.15) is 0 Å². The monoisotopic (exact) mass is 585 g/mol. The van der Waals surface area contributed by atoms with Gasteiger partial charge >= 0.3 is 0 Å². The fraction of sp³-hybridized carbons (Fsp3) is 0.0769. The highest BCUT2D eigenvalue weighted by Crippen LogP contribution is 2.31. The Kier molecular flexibility index (Phi) is 8.12. The summed E-state index contributed by atoms with van der Waals surface area (Å²) in [4.78, 5) is 18.0. The molecule has 5 aromatic rings. The summed E-state index contributed by atoms with van der Waals surface area (Å²) in [6.07, 6.45) is 2.25. The number of rotatable bonds is 8. The van der Waals surface area contributed by atoms with Crippen molar-refractivity contribution in [3.05, 3.63) is 105 Å². The number of amides is 1. The summed E-state index contributed by atoms with van der Waals surface area (Å²) in [6.45, 7) is 0. The molecular formula is C26H18Cl3N5OS2. The molecule has 0 aliphatic rings. The molecular weight excluding hydrogens is 569 g/mol. The van der Waals surface area contributed by atoms with Crippen LogP contribution in [0.3, 0.4) is 0 Å². The molecule has 0 unspecified atom stereocenters. The van der Waals surface area contributed by atoms with Gasteiger partial charge in [0, 0.05) is 43.8 Å². The molecule has 0 saturated heterocycles. The Morgan fingerprint density at radius 2 is 1.65 bits per heavy atom. The first-order valence-electron chi connectivity index (χ1n) is 11.0. The van der Waals surface area contributed by atoms with E-state index in [0.29, 0.717) is 37.6 Å². The molecule has 0 fully saturated rings. The Labute approximate surface area is 236 Å². The first kappa shape index (κ1) is 25.8. The van der Waals surface area contributed by atoms with Crippen LogP contribution in [0.2, 0.25) is 15.1 Å². The zero-order valence-corrected chi connectivity index (χ0v) is 23.0. The van der Waals surface area contributed by atoms with Gasteiger partial charge in [0.05, 0.1) is 5.75 Å². The standard InChI is InChI=1S/C26H18Cl3N5OS2/c27-17-9-11-18(12-10-17)34-24(16-5-2-1-3-6-16)32-33-26(34)36-15-23(35)31-25-30-14-19(37-25)13-20-21(28)7-4-8-22(20)29/h1-12,14H,13,15H2,(H,30,31,35). The third kappa shape index (κ3) is 6.17. The first-order valence-corrected chi connectivity index (χ1v) is 14.0. The third-order valence-corrected chi connectivity index (χ3v) is 8.10. The number of thiazole rings is 1. The zero-order chi connectivity index (χ0) is 25.8. The number of nitrogens with one attached hydrogen (secondary N) is 1. The van der Waals surface area contributed by atoms with Crippen LogP contribution in [-0.4, -0.2) is 31.4 Å². The van der Waals surface area contributed by atoms with Crippen molar-refractivity contribution in [3.8, 4) is 17.1 Å². The van der Waals surface area contributed by atoms with E-state index >= 15 is 0 Å². The van der Waals surface area contributed by atoms with Crippen LogP contribution in [0.25, 0.3) is 17.1 Å². The molecule has 0 aliphatic heterocycles. The van der Waals surface area contributed by atoms with Gasteiger partial charge in [-0.15, -0.1) is 21.5 Å². The van der Waals surface area contributed by atoms with E-state index in [1.807, 2.05) is 59.2 Å². The van der Waals surface area contributed by atoms with E-state index in [1.165, 1.54) is 23.1 Å². The van der Waals surface area contributed by atoms with Gasteiger partial charge in [-0.25, -0.2) is 4.98 Å². The lowest BCUT2D eigenvalue weighted by molar-refractivity contribution is -0.113. The Morgan fingerprint density at radius 1 is 0.919 bits per heavy atom. The van der Waals surface area contributed by atoms with E-state index in [4.69, 9.17) is 34.8 Å². The van der Waals surface area contributed by atoms with Gasteiger partial charge in [-0.1, -0.05) is 83.0 Å². The molecule has 37 heavy (non-hydrogen) atoms. The molecule has 186 valence electrons. The molecule has 0 atom stereocenters. The van der Waals surface area contributed by atoms with E-state index in [-0.39, 0.29) is 11.7 Å². The molecule has 1 N–H and O–H groups in total. The quantitative estimate of drug-likeness (QED) is 0.189. The minimum absolute atomic E-state index is 0.131. The van der Waals surface area contributed by atoms with Crippen molar-refractivity contribution in [3.63, 3.8) is 0 Å². The number of benzene rings is 3. The van der Waals surface area contributed by atoms with E-state index in [9.17, 15) is 4.79 Å². The van der Waals surface area contributed by atoms with Crippen molar-refractivity contribution in [2.75, 3.05) is 11.1 Å². The summed E-state index contributed by atoms with van der Waals surface area (Å²) < 4.78 is 1.92. The number of carbonyl (C=O) groups is 1. The molecule has 3 aromatic carbocycles. The number of hydrogen-bond acceptors (Lipinski definition) is 6. The van der Waals surface area contributed by atoms with Crippen molar-refractivity contribution in [2.24, 2.45) is 0 Å². The lowest BCUT2D eigenvalue weighted by Crippen LogP contribution is -2.14. The van der Waals surface area contributed by atoms with Crippen molar-refractivity contribution in [2.45, 2.75) is 11.6 Å². The molecule has 0 spiro atoms. The topological polar surface area (TPSA) is 72.7 Å². The van der Waals surface area contributed by atoms with Gasteiger partial charge in [-0.05, 0) is 42.0 Å². The van der Waals surface area contributed by atoms with Crippen LogP contribution in [-0.2, 0) is 11.2 Å². The van der Waals surface area contributed by atoms with E-state index in [2.05, 4.69) is 20.5 Å². The van der Waals surface area contributed by atoms with Crippen LogP contribution in [0.5, 0.6) is 0 Å². The summed E-state index contributed by atoms with van der Waals surface area (Å²) in [6, 6.07) is 22.6. The van der Waals surface area contributed by atoms with Crippen LogP contribution in [0.15, 0.2) is 84.1 Å². The average Bonchev–Trinajstić information content (AvgIpc) is 3.53. The Hall–Kier alpha value is -2.88. The highest BCUT2D eigenvalue weighted by atomic mass is 35.5. The molecule has 11 heteroatoms. The molecule has 2 heterocycles. The fourth-order valence-corrected chi connectivity index (χ4v) is 5.82. The highest BCUT2D eigenvalue weighted by molar-refractivity contribution is 7.99. The first-order chi connectivity index (χ1) is 18.0. The lowest BCUT2D eigenvalue weighted by atomic mass is 10.1. The summed E-state index contributed by atoms with van der Waals surface area (Å²) in [5, 5.41) is 14.5. The van der Waals surface area contributed by atoms with Crippen molar-refractivity contribution >= 4 is 68.9 Å². The van der Waals surface area contributed by atoms with Crippen molar-refractivity contribution in [1.29, 1.82) is 0 Å². The largest absolute Gasteiger partial charge is 0.301 e. The summed E-state index contributed by atoms with van der Waals surface area (Å²) >= 11 is 21.3. The van der Waals surface area contributed by atoms with Gasteiger partial charge in [-0.2, -0.15) is 0 Å². The molecule has 6 nitrogen and oxygen atoms in total. The second-order valence-electron chi connectivity index (χ2n) is 7.83. The van der Waals surface area contributed by atoms with Crippen LogP contribution in [0, 0.1) is 0 Å². The van der Waals surface area contributed by atoms with E-state index in [1.54, 1.807) is 24.4 Å². The van der Waals surface area contributed by atoms with Crippen LogP contribution in [0.4, 0.5) is 5.13 Å². The number of thioether (sulfide) groups is 1. The van der Waals surface area contributed by atoms with Gasteiger partial charge in [0.25, 0.3) is 0 Å². The maximum absolute atomic E-state index is 12.7. The molecule has 1 amide bonds. The average molecular weight is 587 g/mol. The van der Waals surface area contributed by atoms with Gasteiger partial charge in [0.15, 0.2) is 16.1 Å². The van der Waals surface area contributed by atoms with Gasteiger partial charge < -0.3 is 5.32 Å². The number of hydrogen-bond donors (Lipinski definition) is 1. The number of aromatic nitrogens is 4. The van der Waals surface area contributed by atoms with Gasteiger partial charge in [0.2, 0.25) is 5.91 Å². The molecule has 0 saturated carbocycles. The SMILES string of the molecule is O=C(CSc1nnc(-c2ccccc2)n1-c1ccc(Cl)cc1)Nc1ncc(Cc2c(Cl)cccc2Cl)s1. The molecule has 0 radical (unpaired) electrons. The normalized spacial score (nSPS) is 11.0. The third-order valence-electron chi connectivity index (χ3n) is 5.30. The van der Waals surface area contributed by atoms with Crippen LogP contribution < -0.4 is 5.32 Å². The summed E-state index contributed by atoms with van der Waals surface area (Å²) in [5.41, 5.74) is 2.59. The van der Waals surface area contributed by atoms with Crippen LogP contribution in [0.1, 0.15) is 10.4 Å². The smallest absolute Gasteiger partial charge is 0.236 e. The molecule has 2 aromatic heterocycles. The Bertz CT molecular complexity index is 1520. The summed E-state index contributed by atoms with van der Waals surface area (Å²) in [5.74, 6) is 0.605. The highest BCUT2D eigenvalue weighted by Gasteiger charge is 2.18. The lowest BCUT2D eigenvalue weighted by Gasteiger charge is -2.10. The van der Waals surface area contributed by atoms with Crippen LogP contribution >= 0.6 is 57.9 Å². The molecule has 0 aliphatic carbocycles. The van der Waals surface area contributed by atoms with E-state index in [0.717, 1.165) is 21.7 Å². The zero-order valence-electron chi connectivity index (χ0n) is 19.1. The maximum atomic E-state index is 12.7. The second kappa shape index (κ2) is 11.7. The predicted molar refractivity (Wildman–Crippen MR) is 153 cm³/mol. The maximum Gasteiger partial charge on any atom is 0.236 e. The Morgan fingerprint density at radius 3 is 2.38 bits per heavy atom. The number of halogens is 3. The Balaban J connectivity index is 1.29. The van der Waals surface area contributed by atoms with Crippen molar-refractivity contribution < 1.29 is 4.79 Å². The van der Waals surface area contributed by atoms with Gasteiger partial charge in [-0.3, -0.25) is 9.36 Å². The minimum Gasteiger partial charge on any atom is -0.301 e. The molecule has 5 rings (SSSR count). The number of nitrogens with zero attached hydrogens (tertiary/aromatic N) is 4. The number of carbonyl (C=O) groups excluding carboxylic acids is 1. The van der Waals surface area contributed by atoms with E-state index < -0.39 is 0 Å². The fourth-order valence-electron chi connectivity index (χ4n) is 3.57.